The van der Waals surface area contributed by atoms with E-state index >= 15 is 0 Å². The van der Waals surface area contributed by atoms with Gasteiger partial charge in [-0.05, 0) is 70.6 Å². The van der Waals surface area contributed by atoms with Gasteiger partial charge in [-0.2, -0.15) is 0 Å². The highest BCUT2D eigenvalue weighted by Crippen LogP contribution is 2.18. The van der Waals surface area contributed by atoms with Crippen molar-refractivity contribution in [1.82, 2.24) is 0 Å². The Morgan fingerprint density at radius 2 is 0.465 bits per heavy atom. The second kappa shape index (κ2) is 60.4. The zero-order chi connectivity index (χ0) is 51.4. The Kier molecular flexibility index (Phi) is 58.6. The van der Waals surface area contributed by atoms with E-state index < -0.39 is 6.10 Å². The summed E-state index contributed by atoms with van der Waals surface area (Å²) in [7, 11) is 0. The maximum Gasteiger partial charge on any atom is 0.306 e. The van der Waals surface area contributed by atoms with Crippen molar-refractivity contribution in [1.29, 1.82) is 0 Å². The lowest BCUT2D eigenvalue weighted by molar-refractivity contribution is -0.167. The van der Waals surface area contributed by atoms with Crippen molar-refractivity contribution in [2.75, 3.05) is 13.2 Å². The summed E-state index contributed by atoms with van der Waals surface area (Å²) in [5.74, 6) is -0.865. The second-order valence-electron chi connectivity index (χ2n) is 21.7. The van der Waals surface area contributed by atoms with Crippen LogP contribution in [0.2, 0.25) is 0 Å². The fourth-order valence-electron chi connectivity index (χ4n) is 9.61. The SMILES string of the molecule is CCCCC/C=C\CCCCCCCC(=O)OC(COC(=O)CCCCCCCCCC)COC(=O)CCCCCCCCCCCCCCCCCCCCCCC/C=C\CCCCCCCCCC. The van der Waals surface area contributed by atoms with E-state index in [4.69, 9.17) is 14.2 Å². The summed E-state index contributed by atoms with van der Waals surface area (Å²) in [5.41, 5.74) is 0. The highest BCUT2D eigenvalue weighted by Gasteiger charge is 2.19. The van der Waals surface area contributed by atoms with E-state index in [0.717, 1.165) is 64.2 Å². The van der Waals surface area contributed by atoms with Gasteiger partial charge in [-0.3, -0.25) is 14.4 Å². The van der Waals surface area contributed by atoms with E-state index in [-0.39, 0.29) is 31.1 Å². The number of allylic oxidation sites excluding steroid dienone is 4. The van der Waals surface area contributed by atoms with Crippen LogP contribution >= 0.6 is 0 Å². The van der Waals surface area contributed by atoms with E-state index in [0.29, 0.717) is 19.3 Å². The molecule has 0 saturated carbocycles. The van der Waals surface area contributed by atoms with Crippen LogP contribution < -0.4 is 0 Å². The molecule has 71 heavy (non-hydrogen) atoms. The van der Waals surface area contributed by atoms with Gasteiger partial charge in [0.1, 0.15) is 13.2 Å². The van der Waals surface area contributed by atoms with E-state index in [1.165, 1.54) is 250 Å². The van der Waals surface area contributed by atoms with Crippen molar-refractivity contribution in [2.24, 2.45) is 0 Å². The summed E-state index contributed by atoms with van der Waals surface area (Å²) < 4.78 is 16.8. The Hall–Kier alpha value is -2.11. The lowest BCUT2D eigenvalue weighted by atomic mass is 10.0. The molecular formula is C65H122O6. The molecule has 0 aliphatic rings. The van der Waals surface area contributed by atoms with Crippen molar-refractivity contribution in [3.8, 4) is 0 Å². The molecule has 0 rings (SSSR count). The molecule has 418 valence electrons. The molecule has 1 unspecified atom stereocenters. The normalized spacial score (nSPS) is 12.1. The number of rotatable bonds is 59. The van der Waals surface area contributed by atoms with Crippen molar-refractivity contribution in [2.45, 2.75) is 361 Å². The third kappa shape index (κ3) is 58.7. The molecule has 0 spiro atoms. The average Bonchev–Trinajstić information content (AvgIpc) is 3.37. The number of carbonyl (C=O) groups is 3. The molecule has 0 aromatic carbocycles. The smallest absolute Gasteiger partial charge is 0.306 e. The van der Waals surface area contributed by atoms with Crippen LogP contribution in [-0.2, 0) is 28.6 Å². The molecule has 0 saturated heterocycles. The maximum absolute atomic E-state index is 12.8. The summed E-state index contributed by atoms with van der Waals surface area (Å²) in [6.07, 6.45) is 72.3. The molecule has 0 heterocycles. The second-order valence-corrected chi connectivity index (χ2v) is 21.7. The van der Waals surface area contributed by atoms with Crippen LogP contribution in [-0.4, -0.2) is 37.2 Å². The van der Waals surface area contributed by atoms with Gasteiger partial charge in [-0.25, -0.2) is 0 Å². The van der Waals surface area contributed by atoms with Crippen LogP contribution in [0.15, 0.2) is 24.3 Å². The molecule has 0 fully saturated rings. The average molecular weight is 1000 g/mol. The van der Waals surface area contributed by atoms with Crippen LogP contribution in [0.1, 0.15) is 355 Å². The Bertz CT molecular complexity index is 1150. The van der Waals surface area contributed by atoms with Gasteiger partial charge in [-0.1, -0.05) is 289 Å². The molecule has 0 amide bonds. The van der Waals surface area contributed by atoms with Crippen molar-refractivity contribution >= 4 is 17.9 Å². The number of carbonyl (C=O) groups excluding carboxylic acids is 3. The quantitative estimate of drug-likeness (QED) is 0.0261. The van der Waals surface area contributed by atoms with E-state index in [2.05, 4.69) is 45.1 Å². The number of hydrogen-bond donors (Lipinski definition) is 0. The first-order chi connectivity index (χ1) is 35.0. The first kappa shape index (κ1) is 68.9. The molecule has 1 atom stereocenters. The van der Waals surface area contributed by atoms with Crippen molar-refractivity contribution in [3.05, 3.63) is 24.3 Å². The molecule has 0 aromatic rings. The minimum atomic E-state index is -0.769. The van der Waals surface area contributed by atoms with Gasteiger partial charge in [0, 0.05) is 19.3 Å². The molecule has 6 nitrogen and oxygen atoms in total. The predicted octanol–water partition coefficient (Wildman–Crippen LogP) is 21.4. The molecule has 0 N–H and O–H groups in total. The molecule has 0 aromatic heterocycles. The molecular weight excluding hydrogens is 877 g/mol. The van der Waals surface area contributed by atoms with Crippen LogP contribution in [0.3, 0.4) is 0 Å². The summed E-state index contributed by atoms with van der Waals surface area (Å²) in [6.45, 7) is 6.62. The summed E-state index contributed by atoms with van der Waals surface area (Å²) in [5, 5.41) is 0. The van der Waals surface area contributed by atoms with E-state index in [1.807, 2.05) is 0 Å². The van der Waals surface area contributed by atoms with Gasteiger partial charge in [0.05, 0.1) is 0 Å². The van der Waals surface area contributed by atoms with Crippen LogP contribution in [0, 0.1) is 0 Å². The standard InChI is InChI=1S/C65H122O6/c1-4-7-10-13-16-19-21-23-24-25-26-27-28-29-30-31-32-33-34-35-36-37-38-39-40-41-42-43-45-46-49-52-55-58-64(67)70-61-62(60-69-63(66)57-54-51-48-18-15-12-9-6-3)71-65(68)59-56-53-50-47-44-22-20-17-14-11-8-5-2/h17,20,25-26,62H,4-16,18-19,21-24,27-61H2,1-3H3/b20-17-,26-25-. The highest BCUT2D eigenvalue weighted by molar-refractivity contribution is 5.71. The Balaban J connectivity index is 3.92. The lowest BCUT2D eigenvalue weighted by Gasteiger charge is -2.18. The number of esters is 3. The largest absolute Gasteiger partial charge is 0.462 e. The van der Waals surface area contributed by atoms with Gasteiger partial charge in [0.2, 0.25) is 0 Å². The predicted molar refractivity (Wildman–Crippen MR) is 307 cm³/mol. The van der Waals surface area contributed by atoms with Gasteiger partial charge in [0.15, 0.2) is 6.10 Å². The molecule has 0 aliphatic heterocycles. The summed E-state index contributed by atoms with van der Waals surface area (Å²) in [6, 6.07) is 0. The zero-order valence-corrected chi connectivity index (χ0v) is 48.0. The monoisotopic (exact) mass is 999 g/mol. The van der Waals surface area contributed by atoms with Crippen molar-refractivity contribution < 1.29 is 28.6 Å². The molecule has 0 bridgehead atoms. The molecule has 0 aliphatic carbocycles. The number of unbranched alkanes of at least 4 members (excludes halogenated alkanes) is 44. The van der Waals surface area contributed by atoms with Crippen molar-refractivity contribution in [3.63, 3.8) is 0 Å². The van der Waals surface area contributed by atoms with Crippen LogP contribution in [0.5, 0.6) is 0 Å². The molecule has 0 radical (unpaired) electrons. The fraction of sp³-hybridized carbons (Fsp3) is 0.892. The van der Waals surface area contributed by atoms with E-state index in [9.17, 15) is 14.4 Å². The van der Waals surface area contributed by atoms with Crippen LogP contribution in [0.25, 0.3) is 0 Å². The third-order valence-electron chi connectivity index (χ3n) is 14.4. The Labute approximate surface area is 443 Å². The van der Waals surface area contributed by atoms with Crippen LogP contribution in [0.4, 0.5) is 0 Å². The highest BCUT2D eigenvalue weighted by atomic mass is 16.6. The fourth-order valence-corrected chi connectivity index (χ4v) is 9.61. The van der Waals surface area contributed by atoms with Gasteiger partial charge >= 0.3 is 17.9 Å². The van der Waals surface area contributed by atoms with Gasteiger partial charge in [0.25, 0.3) is 0 Å². The first-order valence-corrected chi connectivity index (χ1v) is 31.8. The minimum Gasteiger partial charge on any atom is -0.462 e. The van der Waals surface area contributed by atoms with E-state index in [1.54, 1.807) is 0 Å². The summed E-state index contributed by atoms with van der Waals surface area (Å²) >= 11 is 0. The maximum atomic E-state index is 12.8. The Morgan fingerprint density at radius 1 is 0.268 bits per heavy atom. The Morgan fingerprint density at radius 3 is 0.732 bits per heavy atom. The molecule has 6 heteroatoms. The number of hydrogen-bond acceptors (Lipinski definition) is 6. The minimum absolute atomic E-state index is 0.0696. The number of ether oxygens (including phenoxy) is 3. The third-order valence-corrected chi connectivity index (χ3v) is 14.4. The van der Waals surface area contributed by atoms with Gasteiger partial charge < -0.3 is 14.2 Å². The zero-order valence-electron chi connectivity index (χ0n) is 48.0. The topological polar surface area (TPSA) is 78.9 Å². The first-order valence-electron chi connectivity index (χ1n) is 31.8. The lowest BCUT2D eigenvalue weighted by Crippen LogP contribution is -2.30. The van der Waals surface area contributed by atoms with Gasteiger partial charge in [-0.15, -0.1) is 0 Å². The summed E-state index contributed by atoms with van der Waals surface area (Å²) in [4.78, 5) is 37.9.